The van der Waals surface area contributed by atoms with Crippen molar-refractivity contribution in [2.24, 2.45) is 0 Å². The SMILES string of the molecule is C1=C2NC3CCCCC3=C2c2ccccc21. The normalized spacial score (nSPS) is 25.8. The first-order valence-electron chi connectivity index (χ1n) is 6.24. The molecular formula is C15H15N. The van der Waals surface area contributed by atoms with Gasteiger partial charge < -0.3 is 5.32 Å². The molecule has 4 rings (SSSR count). The lowest BCUT2D eigenvalue weighted by Gasteiger charge is -2.21. The van der Waals surface area contributed by atoms with Crippen LogP contribution in [0.2, 0.25) is 0 Å². The molecule has 2 aliphatic carbocycles. The van der Waals surface area contributed by atoms with Gasteiger partial charge in [-0.25, -0.2) is 0 Å². The molecule has 0 radical (unpaired) electrons. The molecule has 0 bridgehead atoms. The molecule has 1 heterocycles. The van der Waals surface area contributed by atoms with Crippen LogP contribution in [0.3, 0.4) is 0 Å². The zero-order valence-electron chi connectivity index (χ0n) is 9.29. The van der Waals surface area contributed by atoms with Crippen LogP contribution in [0.1, 0.15) is 36.8 Å². The second-order valence-electron chi connectivity index (χ2n) is 4.99. The summed E-state index contributed by atoms with van der Waals surface area (Å²) in [5.41, 5.74) is 7.41. The van der Waals surface area contributed by atoms with Gasteiger partial charge in [-0.15, -0.1) is 0 Å². The lowest BCUT2D eigenvalue weighted by atomic mass is 9.88. The van der Waals surface area contributed by atoms with Crippen molar-refractivity contribution in [3.05, 3.63) is 46.7 Å². The molecule has 0 saturated heterocycles. The predicted molar refractivity (Wildman–Crippen MR) is 66.7 cm³/mol. The Bertz CT molecular complexity index is 522. The van der Waals surface area contributed by atoms with E-state index < -0.39 is 0 Å². The van der Waals surface area contributed by atoms with Crippen molar-refractivity contribution in [3.63, 3.8) is 0 Å². The maximum Gasteiger partial charge on any atom is 0.0483 e. The van der Waals surface area contributed by atoms with E-state index in [0.29, 0.717) is 6.04 Å². The van der Waals surface area contributed by atoms with Crippen LogP contribution in [0.4, 0.5) is 0 Å². The van der Waals surface area contributed by atoms with Gasteiger partial charge in [-0.2, -0.15) is 0 Å². The summed E-state index contributed by atoms with van der Waals surface area (Å²) in [5, 5.41) is 3.69. The van der Waals surface area contributed by atoms with Crippen molar-refractivity contribution in [1.82, 2.24) is 5.32 Å². The summed E-state index contributed by atoms with van der Waals surface area (Å²) in [6, 6.07) is 9.40. The Morgan fingerprint density at radius 3 is 3.06 bits per heavy atom. The van der Waals surface area contributed by atoms with Gasteiger partial charge in [0.2, 0.25) is 0 Å². The molecule has 1 saturated carbocycles. The predicted octanol–water partition coefficient (Wildman–Crippen LogP) is 3.34. The Morgan fingerprint density at radius 1 is 1.12 bits per heavy atom. The minimum absolute atomic E-state index is 0.642. The first-order chi connectivity index (χ1) is 7.93. The van der Waals surface area contributed by atoms with Gasteiger partial charge in [-0.3, -0.25) is 0 Å². The highest BCUT2D eigenvalue weighted by molar-refractivity contribution is 5.97. The maximum absolute atomic E-state index is 3.69. The van der Waals surface area contributed by atoms with Crippen LogP contribution in [0.5, 0.6) is 0 Å². The minimum Gasteiger partial charge on any atom is -0.378 e. The molecule has 1 heteroatoms. The highest BCUT2D eigenvalue weighted by Gasteiger charge is 2.34. The van der Waals surface area contributed by atoms with Crippen molar-refractivity contribution in [3.8, 4) is 0 Å². The highest BCUT2D eigenvalue weighted by Crippen LogP contribution is 2.45. The molecule has 1 unspecified atom stereocenters. The summed E-state index contributed by atoms with van der Waals surface area (Å²) < 4.78 is 0. The molecule has 1 N–H and O–H groups in total. The van der Waals surface area contributed by atoms with E-state index in [1.165, 1.54) is 48.1 Å². The Balaban J connectivity index is 1.93. The summed E-state index contributed by atoms with van der Waals surface area (Å²) in [4.78, 5) is 0. The fraction of sp³-hybridized carbons (Fsp3) is 0.333. The quantitative estimate of drug-likeness (QED) is 0.691. The Kier molecular flexibility index (Phi) is 1.62. The van der Waals surface area contributed by atoms with Crippen molar-refractivity contribution in [1.29, 1.82) is 0 Å². The van der Waals surface area contributed by atoms with Crippen LogP contribution < -0.4 is 5.32 Å². The van der Waals surface area contributed by atoms with E-state index in [2.05, 4.69) is 35.7 Å². The third kappa shape index (κ3) is 1.01. The maximum atomic E-state index is 3.69. The molecule has 1 aromatic rings. The topological polar surface area (TPSA) is 12.0 Å². The molecule has 1 nitrogen and oxygen atoms in total. The molecule has 1 atom stereocenters. The molecule has 1 aliphatic heterocycles. The Labute approximate surface area is 95.9 Å². The minimum atomic E-state index is 0.642. The first-order valence-corrected chi connectivity index (χ1v) is 6.24. The number of hydrogen-bond donors (Lipinski definition) is 1. The number of nitrogens with one attached hydrogen (secondary N) is 1. The molecule has 0 aromatic heterocycles. The van der Waals surface area contributed by atoms with Gasteiger partial charge >= 0.3 is 0 Å². The summed E-state index contributed by atoms with van der Waals surface area (Å²) >= 11 is 0. The van der Waals surface area contributed by atoms with E-state index in [0.717, 1.165) is 0 Å². The zero-order chi connectivity index (χ0) is 10.5. The third-order valence-corrected chi connectivity index (χ3v) is 4.06. The molecular weight excluding hydrogens is 194 g/mol. The van der Waals surface area contributed by atoms with Gasteiger partial charge in [0.05, 0.1) is 0 Å². The van der Waals surface area contributed by atoms with E-state index in [4.69, 9.17) is 0 Å². The van der Waals surface area contributed by atoms with Crippen molar-refractivity contribution >= 4 is 11.6 Å². The van der Waals surface area contributed by atoms with Crippen LogP contribution in [0.15, 0.2) is 35.5 Å². The van der Waals surface area contributed by atoms with Gasteiger partial charge in [0, 0.05) is 17.3 Å². The fourth-order valence-corrected chi connectivity index (χ4v) is 3.34. The van der Waals surface area contributed by atoms with Gasteiger partial charge in [0.1, 0.15) is 0 Å². The van der Waals surface area contributed by atoms with Crippen LogP contribution in [0, 0.1) is 0 Å². The number of hydrogen-bond acceptors (Lipinski definition) is 1. The van der Waals surface area contributed by atoms with Gasteiger partial charge in [-0.05, 0) is 42.0 Å². The second kappa shape index (κ2) is 3.00. The van der Waals surface area contributed by atoms with Crippen LogP contribution >= 0.6 is 0 Å². The average Bonchev–Trinajstić information content (AvgIpc) is 2.83. The first kappa shape index (κ1) is 8.63. The molecule has 0 amide bonds. The van der Waals surface area contributed by atoms with Crippen molar-refractivity contribution in [2.45, 2.75) is 31.7 Å². The monoisotopic (exact) mass is 209 g/mol. The lowest BCUT2D eigenvalue weighted by molar-refractivity contribution is 0.507. The zero-order valence-corrected chi connectivity index (χ0v) is 9.29. The number of allylic oxidation sites excluding steroid dienone is 1. The summed E-state index contributed by atoms with van der Waals surface area (Å²) in [6.45, 7) is 0. The van der Waals surface area contributed by atoms with Crippen molar-refractivity contribution < 1.29 is 0 Å². The Hall–Kier alpha value is -1.50. The van der Waals surface area contributed by atoms with E-state index in [1.54, 1.807) is 5.57 Å². The second-order valence-corrected chi connectivity index (χ2v) is 4.99. The summed E-state index contributed by atoms with van der Waals surface area (Å²) in [5.74, 6) is 0. The number of fused-ring (bicyclic) bond motifs is 4. The van der Waals surface area contributed by atoms with Crippen molar-refractivity contribution in [2.75, 3.05) is 0 Å². The van der Waals surface area contributed by atoms with Gasteiger partial charge in [-0.1, -0.05) is 30.7 Å². The molecule has 0 spiro atoms. The standard InChI is InChI=1S/C15H15N/c1-2-6-11-10(5-1)9-14-15(11)12-7-3-4-8-13(12)16-14/h1-2,5-6,9,13,16H,3-4,7-8H2. The molecule has 16 heavy (non-hydrogen) atoms. The van der Waals surface area contributed by atoms with Crippen LogP contribution in [0.25, 0.3) is 11.6 Å². The fourth-order valence-electron chi connectivity index (χ4n) is 3.34. The third-order valence-electron chi connectivity index (χ3n) is 4.06. The Morgan fingerprint density at radius 2 is 2.06 bits per heavy atom. The van der Waals surface area contributed by atoms with E-state index in [-0.39, 0.29) is 0 Å². The van der Waals surface area contributed by atoms with E-state index in [9.17, 15) is 0 Å². The number of benzene rings is 1. The summed E-state index contributed by atoms with van der Waals surface area (Å²) in [6.07, 6.45) is 7.67. The highest BCUT2D eigenvalue weighted by atomic mass is 15.0. The van der Waals surface area contributed by atoms with Gasteiger partial charge in [0.15, 0.2) is 0 Å². The summed E-state index contributed by atoms with van der Waals surface area (Å²) in [7, 11) is 0. The van der Waals surface area contributed by atoms with E-state index >= 15 is 0 Å². The molecule has 1 fully saturated rings. The average molecular weight is 209 g/mol. The van der Waals surface area contributed by atoms with Crippen LogP contribution in [-0.4, -0.2) is 6.04 Å². The van der Waals surface area contributed by atoms with E-state index in [1.807, 2.05) is 0 Å². The van der Waals surface area contributed by atoms with Gasteiger partial charge in [0.25, 0.3) is 0 Å². The largest absolute Gasteiger partial charge is 0.378 e. The smallest absolute Gasteiger partial charge is 0.0483 e. The lowest BCUT2D eigenvalue weighted by Crippen LogP contribution is -2.26. The molecule has 1 aromatic carbocycles. The van der Waals surface area contributed by atoms with Crippen LogP contribution in [-0.2, 0) is 0 Å². The molecule has 80 valence electrons. The molecule has 3 aliphatic rings. The number of rotatable bonds is 0.